The first-order valence-electron chi connectivity index (χ1n) is 4.91. The molecular formula is C11H13ClN2O. The normalized spacial score (nSPS) is 11.5. The van der Waals surface area contributed by atoms with E-state index in [-0.39, 0.29) is 6.10 Å². The van der Waals surface area contributed by atoms with Crippen molar-refractivity contribution in [3.05, 3.63) is 29.0 Å². The van der Waals surface area contributed by atoms with Crippen LogP contribution in [0.4, 0.5) is 0 Å². The zero-order valence-corrected chi connectivity index (χ0v) is 9.51. The Hall–Kier alpha value is -1.06. The number of halogens is 1. The summed E-state index contributed by atoms with van der Waals surface area (Å²) in [7, 11) is 0. The van der Waals surface area contributed by atoms with Crippen molar-refractivity contribution >= 4 is 22.6 Å². The van der Waals surface area contributed by atoms with Gasteiger partial charge < -0.3 is 9.72 Å². The minimum absolute atomic E-state index is 0.202. The number of nitrogens with zero attached hydrogens (tertiary/aromatic N) is 1. The number of nitrogens with one attached hydrogen (secondary N) is 1. The molecule has 0 spiro atoms. The number of rotatable bonds is 3. The van der Waals surface area contributed by atoms with Crippen molar-refractivity contribution < 1.29 is 4.74 Å². The third kappa shape index (κ3) is 2.30. The standard InChI is InChI=1S/C11H13ClN2O/c1-7(2)15-6-10-13-9-5-3-4-8(12)11(9)14-10/h3-5,7H,6H2,1-2H3,(H,13,14). The molecule has 0 radical (unpaired) electrons. The van der Waals surface area contributed by atoms with Gasteiger partial charge in [-0.15, -0.1) is 0 Å². The molecule has 0 aliphatic carbocycles. The smallest absolute Gasteiger partial charge is 0.133 e. The van der Waals surface area contributed by atoms with Crippen LogP contribution in [-0.2, 0) is 11.3 Å². The fourth-order valence-electron chi connectivity index (χ4n) is 1.36. The van der Waals surface area contributed by atoms with Crippen LogP contribution in [-0.4, -0.2) is 16.1 Å². The number of para-hydroxylation sites is 1. The van der Waals surface area contributed by atoms with E-state index in [0.29, 0.717) is 11.6 Å². The van der Waals surface area contributed by atoms with E-state index in [1.807, 2.05) is 32.0 Å². The van der Waals surface area contributed by atoms with Crippen molar-refractivity contribution in [2.75, 3.05) is 0 Å². The van der Waals surface area contributed by atoms with Gasteiger partial charge in [-0.25, -0.2) is 4.98 Å². The van der Waals surface area contributed by atoms with Crippen LogP contribution in [0.5, 0.6) is 0 Å². The second-order valence-corrected chi connectivity index (χ2v) is 4.09. The van der Waals surface area contributed by atoms with Crippen molar-refractivity contribution in [2.45, 2.75) is 26.6 Å². The van der Waals surface area contributed by atoms with Gasteiger partial charge in [0.05, 0.1) is 16.6 Å². The minimum atomic E-state index is 0.202. The quantitative estimate of drug-likeness (QED) is 0.870. The molecule has 15 heavy (non-hydrogen) atoms. The summed E-state index contributed by atoms with van der Waals surface area (Å²) in [5, 5.41) is 0.666. The van der Waals surface area contributed by atoms with Gasteiger partial charge in [0.15, 0.2) is 0 Å². The molecule has 0 unspecified atom stereocenters. The van der Waals surface area contributed by atoms with Gasteiger partial charge in [0.2, 0.25) is 0 Å². The first kappa shape index (κ1) is 10.5. The highest BCUT2D eigenvalue weighted by molar-refractivity contribution is 6.34. The molecule has 1 N–H and O–H groups in total. The summed E-state index contributed by atoms with van der Waals surface area (Å²) in [6.45, 7) is 4.48. The van der Waals surface area contributed by atoms with Crippen LogP contribution < -0.4 is 0 Å². The first-order valence-corrected chi connectivity index (χ1v) is 5.29. The number of ether oxygens (including phenoxy) is 1. The lowest BCUT2D eigenvalue weighted by Crippen LogP contribution is -2.03. The van der Waals surface area contributed by atoms with Crippen LogP contribution in [0, 0.1) is 0 Å². The van der Waals surface area contributed by atoms with Crippen molar-refractivity contribution in [3.8, 4) is 0 Å². The molecule has 0 bridgehead atoms. The third-order valence-corrected chi connectivity index (χ3v) is 2.37. The number of aromatic nitrogens is 2. The highest BCUT2D eigenvalue weighted by atomic mass is 35.5. The monoisotopic (exact) mass is 224 g/mol. The van der Waals surface area contributed by atoms with Gasteiger partial charge in [0, 0.05) is 0 Å². The number of benzene rings is 1. The van der Waals surface area contributed by atoms with Crippen molar-refractivity contribution in [3.63, 3.8) is 0 Å². The Balaban J connectivity index is 2.27. The van der Waals surface area contributed by atoms with Gasteiger partial charge in [-0.2, -0.15) is 0 Å². The molecule has 2 rings (SSSR count). The maximum absolute atomic E-state index is 6.01. The van der Waals surface area contributed by atoms with E-state index in [1.165, 1.54) is 0 Å². The van der Waals surface area contributed by atoms with Crippen LogP contribution in [0.2, 0.25) is 5.02 Å². The molecule has 3 nitrogen and oxygen atoms in total. The predicted octanol–water partition coefficient (Wildman–Crippen LogP) is 3.14. The maximum Gasteiger partial charge on any atom is 0.133 e. The zero-order valence-electron chi connectivity index (χ0n) is 8.75. The first-order chi connectivity index (χ1) is 7.16. The summed E-state index contributed by atoms with van der Waals surface area (Å²) in [6.07, 6.45) is 0.202. The summed E-state index contributed by atoms with van der Waals surface area (Å²) in [4.78, 5) is 7.54. The Labute approximate surface area is 93.4 Å². The lowest BCUT2D eigenvalue weighted by Gasteiger charge is -2.03. The predicted molar refractivity (Wildman–Crippen MR) is 61.0 cm³/mol. The third-order valence-electron chi connectivity index (χ3n) is 2.07. The number of imidazole rings is 1. The molecule has 0 atom stereocenters. The molecule has 0 aliphatic rings. The summed E-state index contributed by atoms with van der Waals surface area (Å²) < 4.78 is 5.46. The number of hydrogen-bond acceptors (Lipinski definition) is 2. The highest BCUT2D eigenvalue weighted by Crippen LogP contribution is 2.21. The van der Waals surface area contributed by atoms with Crippen LogP contribution in [0.25, 0.3) is 11.0 Å². The molecule has 1 heterocycles. The average Bonchev–Trinajstić information content (AvgIpc) is 2.59. The molecule has 0 aliphatic heterocycles. The van der Waals surface area contributed by atoms with E-state index in [4.69, 9.17) is 16.3 Å². The Kier molecular flexibility index (Phi) is 2.93. The Morgan fingerprint density at radius 1 is 1.47 bits per heavy atom. The number of hydrogen-bond donors (Lipinski definition) is 1. The van der Waals surface area contributed by atoms with Crippen molar-refractivity contribution in [2.24, 2.45) is 0 Å². The van der Waals surface area contributed by atoms with E-state index in [0.717, 1.165) is 16.9 Å². The summed E-state index contributed by atoms with van der Waals surface area (Å²) in [5.41, 5.74) is 1.76. The molecule has 0 saturated carbocycles. The Morgan fingerprint density at radius 3 is 2.93 bits per heavy atom. The fourth-order valence-corrected chi connectivity index (χ4v) is 1.58. The van der Waals surface area contributed by atoms with Crippen LogP contribution >= 0.6 is 11.6 Å². The van der Waals surface area contributed by atoms with E-state index in [1.54, 1.807) is 0 Å². The van der Waals surface area contributed by atoms with Gasteiger partial charge in [-0.1, -0.05) is 17.7 Å². The summed E-state index contributed by atoms with van der Waals surface area (Å²) in [6, 6.07) is 5.68. The van der Waals surface area contributed by atoms with Gasteiger partial charge >= 0.3 is 0 Å². The van der Waals surface area contributed by atoms with Crippen LogP contribution in [0.1, 0.15) is 19.7 Å². The Bertz CT molecular complexity index is 465. The summed E-state index contributed by atoms with van der Waals surface area (Å²) >= 11 is 6.01. The van der Waals surface area contributed by atoms with Gasteiger partial charge in [0.25, 0.3) is 0 Å². The largest absolute Gasteiger partial charge is 0.371 e. The topological polar surface area (TPSA) is 37.9 Å². The number of aromatic amines is 1. The van der Waals surface area contributed by atoms with Crippen LogP contribution in [0.15, 0.2) is 18.2 Å². The molecular weight excluding hydrogens is 212 g/mol. The lowest BCUT2D eigenvalue weighted by molar-refractivity contribution is 0.0619. The van der Waals surface area contributed by atoms with Crippen LogP contribution in [0.3, 0.4) is 0 Å². The van der Waals surface area contributed by atoms with Crippen molar-refractivity contribution in [1.29, 1.82) is 0 Å². The van der Waals surface area contributed by atoms with E-state index >= 15 is 0 Å². The Morgan fingerprint density at radius 2 is 2.27 bits per heavy atom. The second kappa shape index (κ2) is 4.21. The van der Waals surface area contributed by atoms with E-state index < -0.39 is 0 Å². The average molecular weight is 225 g/mol. The van der Waals surface area contributed by atoms with Gasteiger partial charge in [-0.05, 0) is 26.0 Å². The number of H-pyrrole nitrogens is 1. The van der Waals surface area contributed by atoms with Gasteiger partial charge in [-0.3, -0.25) is 0 Å². The summed E-state index contributed by atoms with van der Waals surface area (Å²) in [5.74, 6) is 0.812. The molecule has 0 amide bonds. The minimum Gasteiger partial charge on any atom is -0.371 e. The number of fused-ring (bicyclic) bond motifs is 1. The lowest BCUT2D eigenvalue weighted by atomic mass is 10.3. The molecule has 0 fully saturated rings. The zero-order chi connectivity index (χ0) is 10.8. The highest BCUT2D eigenvalue weighted by Gasteiger charge is 2.06. The van der Waals surface area contributed by atoms with Crippen molar-refractivity contribution in [1.82, 2.24) is 9.97 Å². The SMILES string of the molecule is CC(C)OCc1nc2c(Cl)cccc2[nH]1. The fraction of sp³-hybridized carbons (Fsp3) is 0.364. The molecule has 1 aromatic carbocycles. The maximum atomic E-state index is 6.01. The molecule has 0 saturated heterocycles. The second-order valence-electron chi connectivity index (χ2n) is 3.68. The molecule has 1 aromatic heterocycles. The van der Waals surface area contributed by atoms with Gasteiger partial charge in [0.1, 0.15) is 17.9 Å². The van der Waals surface area contributed by atoms with E-state index in [2.05, 4.69) is 9.97 Å². The molecule has 80 valence electrons. The molecule has 2 aromatic rings. The van der Waals surface area contributed by atoms with E-state index in [9.17, 15) is 0 Å². The molecule has 4 heteroatoms.